The van der Waals surface area contributed by atoms with Crippen LogP contribution >= 0.6 is 0 Å². The van der Waals surface area contributed by atoms with Gasteiger partial charge in [0.2, 0.25) is 5.91 Å². The minimum Gasteiger partial charge on any atom is -0.339 e. The summed E-state index contributed by atoms with van der Waals surface area (Å²) in [5, 5.41) is 2.91. The van der Waals surface area contributed by atoms with Crippen molar-refractivity contribution in [3.63, 3.8) is 0 Å². The molecule has 0 aliphatic carbocycles. The molecule has 2 aliphatic rings. The number of rotatable bonds is 6. The molecule has 5 rings (SSSR count). The number of likely N-dealkylation sites (N-methyl/N-ethyl adjacent to an activating group) is 1. The zero-order valence-corrected chi connectivity index (χ0v) is 22.8. The molecular formula is C28H35F2N7O3. The third-order valence-electron chi connectivity index (χ3n) is 8.00. The lowest BCUT2D eigenvalue weighted by atomic mass is 9.93. The van der Waals surface area contributed by atoms with Crippen molar-refractivity contribution in [2.75, 3.05) is 46.8 Å². The van der Waals surface area contributed by atoms with Gasteiger partial charge in [-0.25, -0.2) is 23.4 Å². The van der Waals surface area contributed by atoms with Crippen molar-refractivity contribution < 1.29 is 18.4 Å². The number of carbonyl (C=O) groups excluding carboxylic acids is 2. The number of nitrogens with zero attached hydrogens (tertiary/aromatic N) is 5. The summed E-state index contributed by atoms with van der Waals surface area (Å²) in [5.41, 5.74) is 1.30. The van der Waals surface area contributed by atoms with Gasteiger partial charge in [-0.3, -0.25) is 14.3 Å². The second-order valence-electron chi connectivity index (χ2n) is 10.9. The van der Waals surface area contributed by atoms with Crippen molar-refractivity contribution in [2.45, 2.75) is 43.7 Å². The molecule has 2 saturated heterocycles. The number of hydrogen-bond acceptors (Lipinski definition) is 5. The molecule has 2 atom stereocenters. The molecular weight excluding hydrogens is 520 g/mol. The Morgan fingerprint density at radius 3 is 2.62 bits per heavy atom. The second-order valence-corrected chi connectivity index (χ2v) is 10.9. The van der Waals surface area contributed by atoms with Crippen LogP contribution in [0.25, 0.3) is 11.2 Å². The highest BCUT2D eigenvalue weighted by Crippen LogP contribution is 2.30. The van der Waals surface area contributed by atoms with Crippen LogP contribution < -0.4 is 11.0 Å². The third-order valence-corrected chi connectivity index (χ3v) is 8.00. The lowest BCUT2D eigenvalue weighted by molar-refractivity contribution is -0.133. The number of nitrogens with one attached hydrogen (secondary N) is 2. The Labute approximate surface area is 231 Å². The summed E-state index contributed by atoms with van der Waals surface area (Å²) in [5.74, 6) is -2.40. The molecule has 1 aromatic carbocycles. The van der Waals surface area contributed by atoms with Crippen molar-refractivity contribution in [1.29, 1.82) is 0 Å². The monoisotopic (exact) mass is 555 g/mol. The molecule has 2 fully saturated rings. The summed E-state index contributed by atoms with van der Waals surface area (Å²) < 4.78 is 30.4. The van der Waals surface area contributed by atoms with Crippen molar-refractivity contribution in [3.05, 3.63) is 64.2 Å². The van der Waals surface area contributed by atoms with Crippen molar-refractivity contribution in [2.24, 2.45) is 0 Å². The molecule has 0 radical (unpaired) electrons. The molecule has 40 heavy (non-hydrogen) atoms. The average molecular weight is 556 g/mol. The van der Waals surface area contributed by atoms with E-state index in [1.165, 1.54) is 6.07 Å². The number of pyridine rings is 1. The van der Waals surface area contributed by atoms with E-state index in [0.29, 0.717) is 57.5 Å². The molecule has 10 nitrogen and oxygen atoms in total. The number of piperidine rings is 1. The molecule has 2 aliphatic heterocycles. The Kier molecular flexibility index (Phi) is 8.15. The predicted molar refractivity (Wildman–Crippen MR) is 146 cm³/mol. The average Bonchev–Trinajstić information content (AvgIpc) is 3.20. The number of H-pyrrole nitrogens is 1. The van der Waals surface area contributed by atoms with E-state index in [2.05, 4.69) is 15.3 Å². The van der Waals surface area contributed by atoms with Gasteiger partial charge in [0.25, 0.3) is 0 Å². The maximum Gasteiger partial charge on any atom is 0.327 e. The number of benzene rings is 1. The van der Waals surface area contributed by atoms with E-state index < -0.39 is 17.7 Å². The number of fused-ring (bicyclic) bond motifs is 1. The van der Waals surface area contributed by atoms with Gasteiger partial charge in [-0.05, 0) is 63.5 Å². The molecule has 2 aromatic heterocycles. The maximum absolute atomic E-state index is 14.7. The number of amides is 3. The standard InChI is InChI=1S/C28H35F2N7O3/c1-34(2)15-16-36-17-18(20-5-3-6-21(29)24(20)30)8-9-22(26(36)38)32-27(39)35-13-10-19(11-14-35)37-23-7-4-12-31-25(23)33-28(37)40/h3-7,12,18-19,22H,8-11,13-17H2,1-2H3,(H,32,39)(H,31,33,40)/t18-,22-/m1/s1. The fraction of sp³-hybridized carbons (Fsp3) is 0.500. The number of likely N-dealkylation sites (tertiary alicyclic amines) is 2. The maximum atomic E-state index is 14.7. The molecule has 2 N–H and O–H groups in total. The number of halogens is 2. The molecule has 12 heteroatoms. The van der Waals surface area contributed by atoms with Crippen LogP contribution in [0.2, 0.25) is 0 Å². The molecule has 0 unspecified atom stereocenters. The number of hydrogen-bond donors (Lipinski definition) is 2. The van der Waals surface area contributed by atoms with Gasteiger partial charge in [0.15, 0.2) is 17.3 Å². The van der Waals surface area contributed by atoms with E-state index in [4.69, 9.17) is 0 Å². The number of aromatic nitrogens is 3. The smallest absolute Gasteiger partial charge is 0.327 e. The molecule has 4 heterocycles. The second kappa shape index (κ2) is 11.7. The fourth-order valence-corrected chi connectivity index (χ4v) is 5.79. The number of urea groups is 1. The van der Waals surface area contributed by atoms with Crippen LogP contribution in [0.4, 0.5) is 13.6 Å². The summed E-state index contributed by atoms with van der Waals surface area (Å²) in [6.45, 7) is 2.11. The topological polar surface area (TPSA) is 107 Å². The normalized spacial score (nSPS) is 20.8. The largest absolute Gasteiger partial charge is 0.339 e. The van der Waals surface area contributed by atoms with Gasteiger partial charge in [0.1, 0.15) is 6.04 Å². The first-order valence-corrected chi connectivity index (χ1v) is 13.7. The lowest BCUT2D eigenvalue weighted by Gasteiger charge is -2.34. The molecule has 214 valence electrons. The Bertz CT molecular complexity index is 1430. The van der Waals surface area contributed by atoms with E-state index in [1.807, 2.05) is 25.1 Å². The molecule has 0 spiro atoms. The van der Waals surface area contributed by atoms with Crippen LogP contribution in [0.15, 0.2) is 41.3 Å². The van der Waals surface area contributed by atoms with Crippen LogP contribution in [-0.2, 0) is 4.79 Å². The summed E-state index contributed by atoms with van der Waals surface area (Å²) in [7, 11) is 3.80. The van der Waals surface area contributed by atoms with Gasteiger partial charge >= 0.3 is 11.7 Å². The fourth-order valence-electron chi connectivity index (χ4n) is 5.79. The SMILES string of the molecule is CN(C)CCN1C[C@H](c2cccc(F)c2F)CC[C@@H](NC(=O)N2CCC(n3c(=O)[nH]c4ncccc43)CC2)C1=O. The Hall–Kier alpha value is -3.80. The van der Waals surface area contributed by atoms with Gasteiger partial charge in [-0.15, -0.1) is 0 Å². The zero-order chi connectivity index (χ0) is 28.4. The van der Waals surface area contributed by atoms with Crippen LogP contribution in [0, 0.1) is 11.6 Å². The first-order chi connectivity index (χ1) is 19.2. The van der Waals surface area contributed by atoms with Gasteiger partial charge in [0.05, 0.1) is 5.52 Å². The Morgan fingerprint density at radius 1 is 1.10 bits per heavy atom. The minimum absolute atomic E-state index is 0.0718. The Balaban J connectivity index is 1.26. The summed E-state index contributed by atoms with van der Waals surface area (Å²) in [6, 6.07) is 6.59. The van der Waals surface area contributed by atoms with Gasteiger partial charge in [-0.2, -0.15) is 0 Å². The zero-order valence-electron chi connectivity index (χ0n) is 22.8. The van der Waals surface area contributed by atoms with Crippen LogP contribution in [-0.4, -0.2) is 94.0 Å². The van der Waals surface area contributed by atoms with Crippen LogP contribution in [0.5, 0.6) is 0 Å². The highest BCUT2D eigenvalue weighted by atomic mass is 19.2. The van der Waals surface area contributed by atoms with Crippen molar-refractivity contribution in [3.8, 4) is 0 Å². The summed E-state index contributed by atoms with van der Waals surface area (Å²) in [4.78, 5) is 51.6. The first-order valence-electron chi connectivity index (χ1n) is 13.7. The van der Waals surface area contributed by atoms with E-state index >= 15 is 0 Å². The quantitative estimate of drug-likeness (QED) is 0.487. The van der Waals surface area contributed by atoms with Crippen molar-refractivity contribution >= 4 is 23.1 Å². The molecule has 0 bridgehead atoms. The van der Waals surface area contributed by atoms with Crippen LogP contribution in [0.1, 0.15) is 43.2 Å². The molecule has 3 aromatic rings. The number of aromatic amines is 1. The Morgan fingerprint density at radius 2 is 1.88 bits per heavy atom. The first kappa shape index (κ1) is 27.8. The van der Waals surface area contributed by atoms with Crippen molar-refractivity contribution in [1.82, 2.24) is 34.6 Å². The molecule has 3 amide bonds. The van der Waals surface area contributed by atoms with E-state index in [1.54, 1.807) is 32.7 Å². The highest BCUT2D eigenvalue weighted by Gasteiger charge is 2.35. The highest BCUT2D eigenvalue weighted by molar-refractivity contribution is 5.87. The van der Waals surface area contributed by atoms with E-state index in [-0.39, 0.29) is 41.7 Å². The summed E-state index contributed by atoms with van der Waals surface area (Å²) >= 11 is 0. The van der Waals surface area contributed by atoms with E-state index in [9.17, 15) is 23.2 Å². The number of carbonyl (C=O) groups is 2. The molecule has 0 saturated carbocycles. The third kappa shape index (κ3) is 5.72. The van der Waals surface area contributed by atoms with Crippen LogP contribution in [0.3, 0.4) is 0 Å². The van der Waals surface area contributed by atoms with Gasteiger partial charge in [-0.1, -0.05) is 12.1 Å². The van der Waals surface area contributed by atoms with Gasteiger partial charge in [0, 0.05) is 50.9 Å². The summed E-state index contributed by atoms with van der Waals surface area (Å²) in [6.07, 6.45) is 3.54. The van der Waals surface area contributed by atoms with Gasteiger partial charge < -0.3 is 20.0 Å². The lowest BCUT2D eigenvalue weighted by Crippen LogP contribution is -2.53. The minimum atomic E-state index is -0.910. The predicted octanol–water partition coefficient (Wildman–Crippen LogP) is 2.69. The number of imidazole rings is 1. The van der Waals surface area contributed by atoms with E-state index in [0.717, 1.165) is 11.6 Å².